The van der Waals surface area contributed by atoms with Gasteiger partial charge in [-0.25, -0.2) is 14.8 Å². The van der Waals surface area contributed by atoms with Crippen LogP contribution in [0.5, 0.6) is 0 Å². The second kappa shape index (κ2) is 6.03. The fourth-order valence-electron chi connectivity index (χ4n) is 2.00. The van der Waals surface area contributed by atoms with E-state index in [2.05, 4.69) is 41.0 Å². The largest absolute Gasteiger partial charge is 0.480 e. The van der Waals surface area contributed by atoms with Gasteiger partial charge in [-0.05, 0) is 30.4 Å². The lowest BCUT2D eigenvalue weighted by atomic mass is 9.88. The topological polar surface area (TPSA) is 88.0 Å². The van der Waals surface area contributed by atoms with Crippen molar-refractivity contribution in [2.24, 2.45) is 5.41 Å². The summed E-state index contributed by atoms with van der Waals surface area (Å²) in [5.41, 5.74) is 1.36. The summed E-state index contributed by atoms with van der Waals surface area (Å²) in [6, 6.07) is 2.91. The number of carboxylic acids is 1. The fraction of sp³-hybridized carbons (Fsp3) is 0.467. The van der Waals surface area contributed by atoms with Gasteiger partial charge in [-0.1, -0.05) is 20.8 Å². The molecule has 0 aromatic carbocycles. The first-order valence-electron chi connectivity index (χ1n) is 6.92. The number of carboxylic acid groups (broad SMARTS) is 1. The van der Waals surface area contributed by atoms with Crippen LogP contribution in [0.25, 0.3) is 11.0 Å². The number of hydrogen-bond acceptors (Lipinski definition) is 5. The van der Waals surface area contributed by atoms with Crippen LogP contribution in [0.3, 0.4) is 0 Å². The number of nitrogens with one attached hydrogen (secondary N) is 1. The Morgan fingerprint density at radius 2 is 2.10 bits per heavy atom. The molecule has 0 fully saturated rings. The Balaban J connectivity index is 2.21. The minimum Gasteiger partial charge on any atom is -0.480 e. The van der Waals surface area contributed by atoms with E-state index in [1.165, 1.54) is 6.33 Å². The van der Waals surface area contributed by atoms with Crippen molar-refractivity contribution >= 4 is 22.8 Å². The third-order valence-electron chi connectivity index (χ3n) is 3.19. The molecule has 2 aromatic heterocycles. The van der Waals surface area contributed by atoms with Gasteiger partial charge in [0.05, 0.1) is 5.52 Å². The molecule has 0 bridgehead atoms. The van der Waals surface area contributed by atoms with Crippen molar-refractivity contribution < 1.29 is 9.90 Å². The minimum absolute atomic E-state index is 0.0847. The summed E-state index contributed by atoms with van der Waals surface area (Å²) in [4.78, 5) is 23.9. The molecule has 2 heterocycles. The maximum Gasteiger partial charge on any atom is 0.326 e. The number of aliphatic carboxylic acids is 1. The molecule has 0 saturated heterocycles. The van der Waals surface area contributed by atoms with Gasteiger partial charge in [0.2, 0.25) is 0 Å². The Kier molecular flexibility index (Phi) is 4.35. The summed E-state index contributed by atoms with van der Waals surface area (Å²) in [5, 5.41) is 12.4. The maximum absolute atomic E-state index is 11.4. The molecule has 112 valence electrons. The highest BCUT2D eigenvalue weighted by atomic mass is 16.4. The summed E-state index contributed by atoms with van der Waals surface area (Å²) in [6.07, 6.45) is 4.38. The van der Waals surface area contributed by atoms with Gasteiger partial charge < -0.3 is 10.4 Å². The van der Waals surface area contributed by atoms with Crippen LogP contribution in [-0.2, 0) is 4.79 Å². The Bertz CT molecular complexity index is 632. The SMILES string of the molecule is CC(C)(C)CC[C@H](Nc1ncnc2cccnc12)C(=O)O. The minimum atomic E-state index is -0.887. The van der Waals surface area contributed by atoms with Gasteiger partial charge in [-0.2, -0.15) is 0 Å². The predicted molar refractivity (Wildman–Crippen MR) is 81.1 cm³/mol. The molecular weight excluding hydrogens is 268 g/mol. The number of carbonyl (C=O) groups is 1. The lowest BCUT2D eigenvalue weighted by Crippen LogP contribution is -2.31. The van der Waals surface area contributed by atoms with E-state index in [1.54, 1.807) is 12.3 Å². The molecule has 2 aromatic rings. The fourth-order valence-corrected chi connectivity index (χ4v) is 2.00. The molecule has 0 unspecified atom stereocenters. The zero-order valence-corrected chi connectivity index (χ0v) is 12.5. The van der Waals surface area contributed by atoms with E-state index in [4.69, 9.17) is 0 Å². The predicted octanol–water partition coefficient (Wildman–Crippen LogP) is 2.72. The van der Waals surface area contributed by atoms with E-state index in [1.807, 2.05) is 6.07 Å². The van der Waals surface area contributed by atoms with Crippen molar-refractivity contribution in [2.45, 2.75) is 39.7 Å². The quantitative estimate of drug-likeness (QED) is 0.879. The third-order valence-corrected chi connectivity index (χ3v) is 3.19. The Labute approximate surface area is 123 Å². The van der Waals surface area contributed by atoms with E-state index in [9.17, 15) is 9.90 Å². The number of nitrogens with zero attached hydrogens (tertiary/aromatic N) is 3. The third kappa shape index (κ3) is 4.11. The van der Waals surface area contributed by atoms with Gasteiger partial charge >= 0.3 is 5.97 Å². The standard InChI is InChI=1S/C15H20N4O2/c1-15(2,3)7-6-11(14(20)21)19-13-12-10(17-9-18-13)5-4-8-16-12/h4-5,8-9,11H,6-7H2,1-3H3,(H,20,21)(H,17,18,19)/t11-/m0/s1. The van der Waals surface area contributed by atoms with Crippen molar-refractivity contribution in [3.63, 3.8) is 0 Å². The molecule has 6 nitrogen and oxygen atoms in total. The summed E-state index contributed by atoms with van der Waals surface area (Å²) < 4.78 is 0. The molecule has 0 saturated carbocycles. The number of fused-ring (bicyclic) bond motifs is 1. The van der Waals surface area contributed by atoms with Gasteiger partial charge in [0.25, 0.3) is 0 Å². The van der Waals surface area contributed by atoms with Gasteiger partial charge in [0, 0.05) is 6.20 Å². The number of hydrogen-bond donors (Lipinski definition) is 2. The van der Waals surface area contributed by atoms with E-state index >= 15 is 0 Å². The smallest absolute Gasteiger partial charge is 0.326 e. The summed E-state index contributed by atoms with van der Waals surface area (Å²) in [5.74, 6) is -0.427. The molecule has 21 heavy (non-hydrogen) atoms. The van der Waals surface area contributed by atoms with Crippen LogP contribution in [0, 0.1) is 5.41 Å². The van der Waals surface area contributed by atoms with Crippen molar-refractivity contribution in [1.82, 2.24) is 15.0 Å². The van der Waals surface area contributed by atoms with Crippen LogP contribution in [0.1, 0.15) is 33.6 Å². The second-order valence-electron chi connectivity index (χ2n) is 6.23. The Morgan fingerprint density at radius 1 is 1.33 bits per heavy atom. The zero-order valence-electron chi connectivity index (χ0n) is 12.5. The summed E-state index contributed by atoms with van der Waals surface area (Å²) in [6.45, 7) is 6.27. The van der Waals surface area contributed by atoms with Gasteiger partial charge in [0.1, 0.15) is 17.9 Å². The molecule has 2 rings (SSSR count). The van der Waals surface area contributed by atoms with Crippen LogP contribution in [0.15, 0.2) is 24.7 Å². The summed E-state index contributed by atoms with van der Waals surface area (Å²) >= 11 is 0. The van der Waals surface area contributed by atoms with Crippen LogP contribution in [0.2, 0.25) is 0 Å². The highest BCUT2D eigenvalue weighted by molar-refractivity contribution is 5.87. The molecule has 0 aliphatic carbocycles. The monoisotopic (exact) mass is 288 g/mol. The molecular formula is C15H20N4O2. The lowest BCUT2D eigenvalue weighted by Gasteiger charge is -2.22. The molecule has 6 heteroatoms. The molecule has 0 spiro atoms. The van der Waals surface area contributed by atoms with Crippen molar-refractivity contribution in [3.05, 3.63) is 24.7 Å². The number of pyridine rings is 1. The van der Waals surface area contributed by atoms with Crippen molar-refractivity contribution in [3.8, 4) is 0 Å². The van der Waals surface area contributed by atoms with Crippen molar-refractivity contribution in [2.75, 3.05) is 5.32 Å². The Hall–Kier alpha value is -2.24. The molecule has 1 atom stereocenters. The van der Waals surface area contributed by atoms with E-state index in [0.29, 0.717) is 23.3 Å². The van der Waals surface area contributed by atoms with Crippen molar-refractivity contribution in [1.29, 1.82) is 0 Å². The van der Waals surface area contributed by atoms with Crippen LogP contribution < -0.4 is 5.32 Å². The van der Waals surface area contributed by atoms with Gasteiger partial charge in [-0.15, -0.1) is 0 Å². The van der Waals surface area contributed by atoms with Crippen LogP contribution in [0.4, 0.5) is 5.82 Å². The van der Waals surface area contributed by atoms with Crippen LogP contribution >= 0.6 is 0 Å². The molecule has 0 aliphatic heterocycles. The number of aromatic nitrogens is 3. The van der Waals surface area contributed by atoms with E-state index in [-0.39, 0.29) is 5.41 Å². The summed E-state index contributed by atoms with van der Waals surface area (Å²) in [7, 11) is 0. The normalized spacial score (nSPS) is 13.1. The molecule has 2 N–H and O–H groups in total. The zero-order chi connectivity index (χ0) is 15.5. The average Bonchev–Trinajstić information content (AvgIpc) is 2.42. The van der Waals surface area contributed by atoms with E-state index < -0.39 is 12.0 Å². The average molecular weight is 288 g/mol. The first kappa shape index (κ1) is 15.2. The second-order valence-corrected chi connectivity index (χ2v) is 6.23. The highest BCUT2D eigenvalue weighted by Gasteiger charge is 2.22. The first-order chi connectivity index (χ1) is 9.87. The molecule has 0 radical (unpaired) electrons. The maximum atomic E-state index is 11.4. The van der Waals surface area contributed by atoms with Gasteiger partial charge in [-0.3, -0.25) is 4.98 Å². The first-order valence-corrected chi connectivity index (χ1v) is 6.92. The number of anilines is 1. The molecule has 0 amide bonds. The van der Waals surface area contributed by atoms with E-state index in [0.717, 1.165) is 6.42 Å². The highest BCUT2D eigenvalue weighted by Crippen LogP contribution is 2.24. The Morgan fingerprint density at radius 3 is 2.76 bits per heavy atom. The van der Waals surface area contributed by atoms with Gasteiger partial charge in [0.15, 0.2) is 5.82 Å². The van der Waals surface area contributed by atoms with Crippen LogP contribution in [-0.4, -0.2) is 32.1 Å². The lowest BCUT2D eigenvalue weighted by molar-refractivity contribution is -0.138. The number of rotatable bonds is 5. The molecule has 0 aliphatic rings.